The molecule has 2 heterocycles. The van der Waals surface area contributed by atoms with Crippen molar-refractivity contribution in [2.24, 2.45) is 0 Å². The molecule has 3 rings (SSSR count). The van der Waals surface area contributed by atoms with Crippen LogP contribution in [0.4, 0.5) is 0 Å². The van der Waals surface area contributed by atoms with Crippen molar-refractivity contribution in [3.63, 3.8) is 0 Å². The third-order valence-corrected chi connectivity index (χ3v) is 5.76. The third kappa shape index (κ3) is 6.00. The number of methoxy groups -OCH3 is 1. The molecule has 1 amide bonds. The fourth-order valence-electron chi connectivity index (χ4n) is 3.95. The van der Waals surface area contributed by atoms with E-state index in [0.29, 0.717) is 6.54 Å². The third-order valence-electron chi connectivity index (χ3n) is 5.76. The van der Waals surface area contributed by atoms with Gasteiger partial charge in [0.25, 0.3) is 5.91 Å². The van der Waals surface area contributed by atoms with Gasteiger partial charge in [-0.1, -0.05) is 0 Å². The lowest BCUT2D eigenvalue weighted by molar-refractivity contribution is -0.117. The van der Waals surface area contributed by atoms with Crippen molar-refractivity contribution in [1.29, 1.82) is 5.26 Å². The molecule has 0 saturated carbocycles. The number of carbonyl (C=O) groups is 1. The molecule has 1 aliphatic rings. The van der Waals surface area contributed by atoms with Crippen LogP contribution in [0.3, 0.4) is 0 Å². The molecule has 32 heavy (non-hydrogen) atoms. The molecule has 0 bridgehead atoms. The van der Waals surface area contributed by atoms with Crippen molar-refractivity contribution in [2.75, 3.05) is 46.5 Å². The lowest BCUT2D eigenvalue weighted by atomic mass is 10.1. The maximum absolute atomic E-state index is 12.5. The number of unbranched alkanes of at least 4 members (excludes halogenated alkanes) is 1. The minimum absolute atomic E-state index is 0.119. The molecule has 0 spiro atoms. The number of ether oxygens (including phenoxy) is 2. The summed E-state index contributed by atoms with van der Waals surface area (Å²) in [5.74, 6) is 0.470. The Kier molecular flexibility index (Phi) is 8.48. The fraction of sp³-hybridized carbons (Fsp3) is 0.440. The topological polar surface area (TPSA) is 79.5 Å². The van der Waals surface area contributed by atoms with Crippen LogP contribution in [-0.4, -0.2) is 61.9 Å². The SMILES string of the molecule is COc1ccc(-n2c(C)cc(/C=C(\C#N)C(=O)NCCCCN3CCOCC3)c2C)cc1. The molecular formula is C25H32N4O3. The van der Waals surface area contributed by atoms with E-state index in [1.165, 1.54) is 0 Å². The maximum Gasteiger partial charge on any atom is 0.261 e. The highest BCUT2D eigenvalue weighted by Gasteiger charge is 2.14. The summed E-state index contributed by atoms with van der Waals surface area (Å²) < 4.78 is 12.7. The Bertz CT molecular complexity index is 980. The van der Waals surface area contributed by atoms with Gasteiger partial charge in [-0.15, -0.1) is 0 Å². The molecule has 0 unspecified atom stereocenters. The molecule has 1 aliphatic heterocycles. The largest absolute Gasteiger partial charge is 0.497 e. The highest BCUT2D eigenvalue weighted by molar-refractivity contribution is 6.01. The Labute approximate surface area is 190 Å². The van der Waals surface area contributed by atoms with Crippen LogP contribution >= 0.6 is 0 Å². The zero-order chi connectivity index (χ0) is 22.9. The Morgan fingerprint density at radius 1 is 1.22 bits per heavy atom. The van der Waals surface area contributed by atoms with Crippen molar-refractivity contribution in [1.82, 2.24) is 14.8 Å². The monoisotopic (exact) mass is 436 g/mol. The Balaban J connectivity index is 1.60. The summed E-state index contributed by atoms with van der Waals surface area (Å²) in [6.07, 6.45) is 3.56. The van der Waals surface area contributed by atoms with Gasteiger partial charge in [-0.25, -0.2) is 0 Å². The Morgan fingerprint density at radius 3 is 2.59 bits per heavy atom. The summed E-state index contributed by atoms with van der Waals surface area (Å²) in [6.45, 7) is 9.12. The van der Waals surface area contributed by atoms with Gasteiger partial charge >= 0.3 is 0 Å². The molecule has 7 heteroatoms. The highest BCUT2D eigenvalue weighted by Crippen LogP contribution is 2.24. The van der Waals surface area contributed by atoms with Gasteiger partial charge in [-0.3, -0.25) is 9.69 Å². The molecule has 2 aromatic rings. The van der Waals surface area contributed by atoms with E-state index in [4.69, 9.17) is 9.47 Å². The number of nitriles is 1. The van der Waals surface area contributed by atoms with E-state index in [1.807, 2.05) is 44.2 Å². The van der Waals surface area contributed by atoms with Crippen LogP contribution in [0.5, 0.6) is 5.75 Å². The van der Waals surface area contributed by atoms with Gasteiger partial charge in [-0.05, 0) is 75.2 Å². The number of nitrogens with zero attached hydrogens (tertiary/aromatic N) is 3. The van der Waals surface area contributed by atoms with E-state index in [-0.39, 0.29) is 11.5 Å². The predicted molar refractivity (Wildman–Crippen MR) is 125 cm³/mol. The van der Waals surface area contributed by atoms with E-state index in [9.17, 15) is 10.1 Å². The van der Waals surface area contributed by atoms with Gasteiger partial charge < -0.3 is 19.4 Å². The summed E-state index contributed by atoms with van der Waals surface area (Å²) in [5.41, 5.74) is 3.98. The zero-order valence-electron chi connectivity index (χ0n) is 19.2. The first-order valence-electron chi connectivity index (χ1n) is 11.1. The van der Waals surface area contributed by atoms with Crippen LogP contribution in [0.2, 0.25) is 0 Å². The average Bonchev–Trinajstić information content (AvgIpc) is 3.10. The molecule has 1 saturated heterocycles. The summed E-state index contributed by atoms with van der Waals surface area (Å²) in [5, 5.41) is 12.4. The van der Waals surface area contributed by atoms with Crippen molar-refractivity contribution in [3.8, 4) is 17.5 Å². The molecule has 0 radical (unpaired) electrons. The van der Waals surface area contributed by atoms with Gasteiger partial charge in [0.15, 0.2) is 0 Å². The normalized spacial score (nSPS) is 14.8. The van der Waals surface area contributed by atoms with Crippen LogP contribution in [0.1, 0.15) is 29.8 Å². The molecule has 1 fully saturated rings. The average molecular weight is 437 g/mol. The van der Waals surface area contributed by atoms with Gasteiger partial charge in [0, 0.05) is 36.7 Å². The van der Waals surface area contributed by atoms with Gasteiger partial charge in [0.1, 0.15) is 17.4 Å². The Morgan fingerprint density at radius 2 is 1.94 bits per heavy atom. The number of morpholine rings is 1. The van der Waals surface area contributed by atoms with Gasteiger partial charge in [0.05, 0.1) is 20.3 Å². The first-order chi connectivity index (χ1) is 15.5. The molecule has 1 N–H and O–H groups in total. The van der Waals surface area contributed by atoms with Gasteiger partial charge in [0.2, 0.25) is 0 Å². The zero-order valence-corrected chi connectivity index (χ0v) is 19.2. The molecular weight excluding hydrogens is 404 g/mol. The van der Waals surface area contributed by atoms with E-state index < -0.39 is 0 Å². The quantitative estimate of drug-likeness (QED) is 0.371. The number of benzene rings is 1. The summed E-state index contributed by atoms with van der Waals surface area (Å²) in [7, 11) is 1.64. The Hall–Kier alpha value is -3.08. The summed E-state index contributed by atoms with van der Waals surface area (Å²) in [6, 6.07) is 11.8. The first-order valence-corrected chi connectivity index (χ1v) is 11.1. The minimum atomic E-state index is -0.326. The van der Waals surface area contributed by atoms with Crippen LogP contribution in [0.25, 0.3) is 11.8 Å². The van der Waals surface area contributed by atoms with Crippen molar-refractivity contribution >= 4 is 12.0 Å². The number of rotatable bonds is 9. The number of amides is 1. The van der Waals surface area contributed by atoms with E-state index >= 15 is 0 Å². The minimum Gasteiger partial charge on any atom is -0.497 e. The van der Waals surface area contributed by atoms with Crippen molar-refractivity contribution in [3.05, 3.63) is 52.9 Å². The number of aryl methyl sites for hydroxylation is 1. The number of aromatic nitrogens is 1. The molecule has 0 atom stereocenters. The molecule has 1 aromatic carbocycles. The van der Waals surface area contributed by atoms with Crippen molar-refractivity contribution < 1.29 is 14.3 Å². The van der Waals surface area contributed by atoms with Gasteiger partial charge in [-0.2, -0.15) is 5.26 Å². The smallest absolute Gasteiger partial charge is 0.261 e. The standard InChI is InChI=1S/C25H32N4O3/c1-19-16-21(20(2)29(19)23-6-8-24(31-3)9-7-23)17-22(18-26)25(30)27-10-4-5-11-28-12-14-32-15-13-28/h6-9,16-17H,4-5,10-15H2,1-3H3,(H,27,30)/b22-17+. The second kappa shape index (κ2) is 11.5. The van der Waals surface area contributed by atoms with E-state index in [2.05, 4.69) is 20.9 Å². The molecule has 7 nitrogen and oxygen atoms in total. The second-order valence-corrected chi connectivity index (χ2v) is 7.95. The summed E-state index contributed by atoms with van der Waals surface area (Å²) >= 11 is 0. The van der Waals surface area contributed by atoms with Crippen LogP contribution in [-0.2, 0) is 9.53 Å². The number of nitrogens with one attached hydrogen (secondary N) is 1. The lowest BCUT2D eigenvalue weighted by Crippen LogP contribution is -2.37. The molecule has 0 aliphatic carbocycles. The van der Waals surface area contributed by atoms with Crippen LogP contribution < -0.4 is 10.1 Å². The van der Waals surface area contributed by atoms with Crippen LogP contribution in [0.15, 0.2) is 35.9 Å². The van der Waals surface area contributed by atoms with Crippen molar-refractivity contribution in [2.45, 2.75) is 26.7 Å². The number of hydrogen-bond acceptors (Lipinski definition) is 5. The number of hydrogen-bond donors (Lipinski definition) is 1. The van der Waals surface area contributed by atoms with E-state index in [1.54, 1.807) is 13.2 Å². The lowest BCUT2D eigenvalue weighted by Gasteiger charge is -2.26. The highest BCUT2D eigenvalue weighted by atomic mass is 16.5. The maximum atomic E-state index is 12.5. The predicted octanol–water partition coefficient (Wildman–Crippen LogP) is 3.24. The van der Waals surface area contributed by atoms with Crippen LogP contribution in [0, 0.1) is 25.2 Å². The summed E-state index contributed by atoms with van der Waals surface area (Å²) in [4.78, 5) is 14.9. The molecule has 1 aromatic heterocycles. The second-order valence-electron chi connectivity index (χ2n) is 7.95. The first kappa shape index (κ1) is 23.6. The van der Waals surface area contributed by atoms with E-state index in [0.717, 1.165) is 74.1 Å². The fourth-order valence-corrected chi connectivity index (χ4v) is 3.95. The molecule has 170 valence electrons. The number of carbonyl (C=O) groups excluding carboxylic acids is 1.